The van der Waals surface area contributed by atoms with E-state index in [2.05, 4.69) is 15.6 Å². The van der Waals surface area contributed by atoms with Crippen LogP contribution in [-0.4, -0.2) is 27.4 Å². The molecular weight excluding hydrogens is 270 g/mol. The van der Waals surface area contributed by atoms with Crippen molar-refractivity contribution >= 4 is 11.6 Å². The summed E-state index contributed by atoms with van der Waals surface area (Å²) in [5.41, 5.74) is 6.38. The first-order valence-corrected chi connectivity index (χ1v) is 6.03. The fraction of sp³-hybridized carbons (Fsp3) is 0.154. The number of amides is 1. The van der Waals surface area contributed by atoms with Gasteiger partial charge >= 0.3 is 0 Å². The van der Waals surface area contributed by atoms with E-state index in [1.165, 1.54) is 23.0 Å². The molecule has 21 heavy (non-hydrogen) atoms. The summed E-state index contributed by atoms with van der Waals surface area (Å²) in [4.78, 5) is 12.0. The van der Waals surface area contributed by atoms with Crippen molar-refractivity contribution in [3.63, 3.8) is 0 Å². The smallest absolute Gasteiger partial charge is 0.277 e. The Morgan fingerprint density at radius 3 is 2.76 bits per heavy atom. The molecule has 0 aliphatic carbocycles. The predicted molar refractivity (Wildman–Crippen MR) is 72.9 cm³/mol. The third-order valence-corrected chi connectivity index (χ3v) is 2.65. The predicted octanol–water partition coefficient (Wildman–Crippen LogP) is 0.232. The molecule has 3 N–H and O–H groups in total. The number of nitrogens with two attached hydrogens (primary N) is 1. The number of nitrogens with one attached hydrogen (secondary N) is 1. The number of hydrogen-bond donors (Lipinski definition) is 2. The molecule has 0 radical (unpaired) electrons. The van der Waals surface area contributed by atoms with Crippen LogP contribution in [0.5, 0.6) is 0 Å². The number of nitriles is 2. The molecule has 0 saturated heterocycles. The lowest BCUT2D eigenvalue weighted by Gasteiger charge is -2.03. The highest BCUT2D eigenvalue weighted by Crippen LogP contribution is 2.15. The Morgan fingerprint density at radius 1 is 1.33 bits per heavy atom. The lowest BCUT2D eigenvalue weighted by molar-refractivity contribution is 0.102. The molecule has 0 unspecified atom stereocenters. The third kappa shape index (κ3) is 3.21. The fourth-order valence-electron chi connectivity index (χ4n) is 1.65. The number of benzene rings is 1. The lowest BCUT2D eigenvalue weighted by Crippen LogP contribution is -2.13. The van der Waals surface area contributed by atoms with Gasteiger partial charge < -0.3 is 11.1 Å². The van der Waals surface area contributed by atoms with Gasteiger partial charge in [0.1, 0.15) is 12.1 Å². The van der Waals surface area contributed by atoms with Gasteiger partial charge in [-0.25, -0.2) is 0 Å². The Hall–Kier alpha value is -3.23. The van der Waals surface area contributed by atoms with Crippen molar-refractivity contribution in [3.05, 3.63) is 41.2 Å². The summed E-state index contributed by atoms with van der Waals surface area (Å²) in [5, 5.41) is 27.9. The van der Waals surface area contributed by atoms with Crippen molar-refractivity contribution < 1.29 is 4.79 Å². The summed E-state index contributed by atoms with van der Waals surface area (Å²) in [6.45, 7) is 0.862. The van der Waals surface area contributed by atoms with Crippen LogP contribution in [0, 0.1) is 22.7 Å². The molecule has 0 atom stereocenters. The third-order valence-electron chi connectivity index (χ3n) is 2.65. The summed E-state index contributed by atoms with van der Waals surface area (Å²) in [6, 6.07) is 8.25. The molecule has 1 aromatic heterocycles. The second kappa shape index (κ2) is 6.28. The van der Waals surface area contributed by atoms with Gasteiger partial charge in [0.25, 0.3) is 5.91 Å². The van der Waals surface area contributed by atoms with E-state index in [4.69, 9.17) is 16.3 Å². The van der Waals surface area contributed by atoms with Crippen molar-refractivity contribution in [2.24, 2.45) is 5.73 Å². The Balaban J connectivity index is 2.16. The Labute approximate surface area is 120 Å². The number of rotatable bonds is 4. The zero-order valence-electron chi connectivity index (χ0n) is 10.9. The highest BCUT2D eigenvalue weighted by Gasteiger charge is 2.12. The van der Waals surface area contributed by atoms with Crippen molar-refractivity contribution in [2.45, 2.75) is 6.54 Å². The minimum Gasteiger partial charge on any atom is -0.329 e. The number of anilines is 1. The molecule has 8 nitrogen and oxygen atoms in total. The van der Waals surface area contributed by atoms with E-state index in [0.717, 1.165) is 0 Å². The van der Waals surface area contributed by atoms with Gasteiger partial charge in [-0.3, -0.25) is 9.48 Å². The summed E-state index contributed by atoms with van der Waals surface area (Å²) in [5.74, 6) is -0.452. The van der Waals surface area contributed by atoms with Crippen LogP contribution in [0.4, 0.5) is 5.69 Å². The normalized spacial score (nSPS) is 9.67. The van der Waals surface area contributed by atoms with Crippen LogP contribution in [0.25, 0.3) is 0 Å². The van der Waals surface area contributed by atoms with Gasteiger partial charge in [0, 0.05) is 12.2 Å². The Morgan fingerprint density at radius 2 is 2.10 bits per heavy atom. The number of carbonyl (C=O) groups is 1. The molecule has 2 aromatic rings. The maximum atomic E-state index is 12.0. The summed E-state index contributed by atoms with van der Waals surface area (Å²) >= 11 is 0. The quantitative estimate of drug-likeness (QED) is 0.824. The average molecular weight is 281 g/mol. The van der Waals surface area contributed by atoms with Crippen LogP contribution in [0.15, 0.2) is 24.4 Å². The van der Waals surface area contributed by atoms with E-state index in [1.807, 2.05) is 12.1 Å². The van der Waals surface area contributed by atoms with Crippen LogP contribution < -0.4 is 11.1 Å². The average Bonchev–Trinajstić information content (AvgIpc) is 2.96. The topological polar surface area (TPSA) is 133 Å². The van der Waals surface area contributed by atoms with Crippen LogP contribution in [0.1, 0.15) is 21.6 Å². The molecule has 0 aliphatic heterocycles. The molecule has 1 aromatic carbocycles. The lowest BCUT2D eigenvalue weighted by atomic mass is 10.1. The van der Waals surface area contributed by atoms with Gasteiger partial charge in [-0.15, -0.1) is 5.10 Å². The molecule has 0 bridgehead atoms. The Bertz CT molecular complexity index is 751. The fourth-order valence-corrected chi connectivity index (χ4v) is 1.65. The second-order valence-electron chi connectivity index (χ2n) is 4.09. The van der Waals surface area contributed by atoms with Crippen LogP contribution >= 0.6 is 0 Å². The molecule has 1 heterocycles. The van der Waals surface area contributed by atoms with Crippen molar-refractivity contribution in [2.75, 3.05) is 11.9 Å². The van der Waals surface area contributed by atoms with Gasteiger partial charge in [-0.2, -0.15) is 10.5 Å². The van der Waals surface area contributed by atoms with Crippen LogP contribution in [-0.2, 0) is 6.54 Å². The molecule has 8 heteroatoms. The zero-order chi connectivity index (χ0) is 15.2. The number of aromatic nitrogens is 3. The van der Waals surface area contributed by atoms with Crippen LogP contribution in [0.3, 0.4) is 0 Å². The minimum atomic E-state index is -0.452. The number of nitrogens with zero attached hydrogens (tertiary/aromatic N) is 5. The van der Waals surface area contributed by atoms with E-state index in [9.17, 15) is 4.79 Å². The summed E-state index contributed by atoms with van der Waals surface area (Å²) in [6.07, 6.45) is 1.48. The van der Waals surface area contributed by atoms with Gasteiger partial charge in [0.15, 0.2) is 5.69 Å². The SMILES string of the molecule is N#Cc1ccc(NC(=O)c2cn(CCN)nn2)cc1C#N. The van der Waals surface area contributed by atoms with E-state index in [0.29, 0.717) is 18.8 Å². The number of carbonyl (C=O) groups excluding carboxylic acids is 1. The first-order chi connectivity index (χ1) is 10.2. The van der Waals surface area contributed by atoms with E-state index >= 15 is 0 Å². The van der Waals surface area contributed by atoms with Gasteiger partial charge in [-0.1, -0.05) is 5.21 Å². The van der Waals surface area contributed by atoms with E-state index < -0.39 is 5.91 Å². The zero-order valence-corrected chi connectivity index (χ0v) is 10.9. The maximum Gasteiger partial charge on any atom is 0.277 e. The highest BCUT2D eigenvalue weighted by atomic mass is 16.2. The first-order valence-electron chi connectivity index (χ1n) is 6.03. The van der Waals surface area contributed by atoms with E-state index in [1.54, 1.807) is 6.07 Å². The summed E-state index contributed by atoms with van der Waals surface area (Å²) < 4.78 is 1.47. The van der Waals surface area contributed by atoms with Crippen molar-refractivity contribution in [3.8, 4) is 12.1 Å². The molecule has 1 amide bonds. The van der Waals surface area contributed by atoms with Gasteiger partial charge in [0.05, 0.1) is 23.9 Å². The minimum absolute atomic E-state index is 0.145. The molecule has 0 spiro atoms. The molecule has 0 fully saturated rings. The van der Waals surface area contributed by atoms with Gasteiger partial charge in [-0.05, 0) is 18.2 Å². The van der Waals surface area contributed by atoms with E-state index in [-0.39, 0.29) is 16.8 Å². The molecular formula is C13H11N7O. The summed E-state index contributed by atoms with van der Waals surface area (Å²) in [7, 11) is 0. The molecule has 104 valence electrons. The second-order valence-corrected chi connectivity index (χ2v) is 4.09. The Kier molecular flexibility index (Phi) is 4.24. The van der Waals surface area contributed by atoms with Gasteiger partial charge in [0.2, 0.25) is 0 Å². The van der Waals surface area contributed by atoms with Crippen molar-refractivity contribution in [1.29, 1.82) is 10.5 Å². The largest absolute Gasteiger partial charge is 0.329 e. The maximum absolute atomic E-state index is 12.0. The molecule has 0 aliphatic rings. The molecule has 2 rings (SSSR count). The first kappa shape index (κ1) is 14.2. The monoisotopic (exact) mass is 281 g/mol. The molecule has 0 saturated carbocycles. The number of hydrogen-bond acceptors (Lipinski definition) is 6. The van der Waals surface area contributed by atoms with Crippen LogP contribution in [0.2, 0.25) is 0 Å². The highest BCUT2D eigenvalue weighted by molar-refractivity contribution is 6.02. The van der Waals surface area contributed by atoms with Crippen molar-refractivity contribution in [1.82, 2.24) is 15.0 Å². The standard InChI is InChI=1S/C13H11N7O/c14-3-4-20-8-12(18-19-20)13(21)17-11-2-1-9(6-15)10(5-11)7-16/h1-2,5,8H,3-4,14H2,(H,17,21).